The molecule has 0 spiro atoms. The van der Waals surface area contributed by atoms with Crippen LogP contribution in [0, 0.1) is 18.8 Å². The average molecular weight is 261 g/mol. The third-order valence-electron chi connectivity index (χ3n) is 4.35. The van der Waals surface area contributed by atoms with Crippen LogP contribution in [0.15, 0.2) is 24.3 Å². The zero-order chi connectivity index (χ0) is 13.7. The number of rotatable bonds is 5. The lowest BCUT2D eigenvalue weighted by Gasteiger charge is -2.32. The van der Waals surface area contributed by atoms with Gasteiger partial charge in [-0.05, 0) is 55.7 Å². The molecule has 0 radical (unpaired) electrons. The molecule has 0 aromatic heterocycles. The molecule has 2 nitrogen and oxygen atoms in total. The molecule has 1 N–H and O–H groups in total. The minimum Gasteiger partial charge on any atom is -0.383 e. The molecule has 1 aliphatic carbocycles. The number of nitrogens with one attached hydrogen (secondary N) is 1. The lowest BCUT2D eigenvalue weighted by Crippen LogP contribution is -2.28. The number of hydrogen-bond donors (Lipinski definition) is 1. The van der Waals surface area contributed by atoms with Crippen LogP contribution in [0.3, 0.4) is 0 Å². The number of benzene rings is 1. The van der Waals surface area contributed by atoms with Crippen LogP contribution in [0.2, 0.25) is 0 Å². The van der Waals surface area contributed by atoms with Crippen LogP contribution in [0.25, 0.3) is 0 Å². The monoisotopic (exact) mass is 261 g/mol. The lowest BCUT2D eigenvalue weighted by atomic mass is 9.80. The Labute approximate surface area is 117 Å². The Bertz CT molecular complexity index is 391. The summed E-state index contributed by atoms with van der Waals surface area (Å²) in [5.74, 6) is 1.67. The van der Waals surface area contributed by atoms with E-state index in [0.29, 0.717) is 6.10 Å². The van der Waals surface area contributed by atoms with Gasteiger partial charge >= 0.3 is 0 Å². The molecule has 3 atom stereocenters. The molecule has 1 aliphatic rings. The quantitative estimate of drug-likeness (QED) is 0.800. The van der Waals surface area contributed by atoms with E-state index < -0.39 is 0 Å². The number of aryl methyl sites for hydroxylation is 1. The van der Waals surface area contributed by atoms with Crippen LogP contribution >= 0.6 is 0 Å². The van der Waals surface area contributed by atoms with Gasteiger partial charge in [0, 0.05) is 12.2 Å². The first-order valence-electron chi connectivity index (χ1n) is 7.57. The van der Waals surface area contributed by atoms with Gasteiger partial charge in [0.15, 0.2) is 0 Å². The van der Waals surface area contributed by atoms with Crippen molar-refractivity contribution in [1.29, 1.82) is 0 Å². The zero-order valence-corrected chi connectivity index (χ0v) is 12.5. The Morgan fingerprint density at radius 3 is 2.79 bits per heavy atom. The van der Waals surface area contributed by atoms with Crippen LogP contribution in [-0.2, 0) is 4.74 Å². The molecule has 106 valence electrons. The first-order valence-corrected chi connectivity index (χ1v) is 7.57. The molecule has 19 heavy (non-hydrogen) atoms. The van der Waals surface area contributed by atoms with E-state index in [1.54, 1.807) is 0 Å². The van der Waals surface area contributed by atoms with Crippen LogP contribution < -0.4 is 5.32 Å². The lowest BCUT2D eigenvalue weighted by molar-refractivity contribution is 0.00778. The van der Waals surface area contributed by atoms with E-state index in [1.807, 2.05) is 0 Å². The molecule has 1 fully saturated rings. The van der Waals surface area contributed by atoms with Crippen molar-refractivity contribution < 1.29 is 4.74 Å². The van der Waals surface area contributed by atoms with Crippen molar-refractivity contribution in [3.63, 3.8) is 0 Å². The molecule has 2 heteroatoms. The summed E-state index contributed by atoms with van der Waals surface area (Å²) in [4.78, 5) is 0. The second-order valence-corrected chi connectivity index (χ2v) is 6.06. The molecule has 0 amide bonds. The molecule has 1 saturated carbocycles. The fraction of sp³-hybridized carbons (Fsp3) is 0.647. The number of anilines is 1. The van der Waals surface area contributed by atoms with Gasteiger partial charge in [0.1, 0.15) is 0 Å². The van der Waals surface area contributed by atoms with E-state index >= 15 is 0 Å². The van der Waals surface area contributed by atoms with Crippen molar-refractivity contribution >= 4 is 5.69 Å². The minimum atomic E-state index is 0.477. The largest absolute Gasteiger partial charge is 0.383 e. The Hall–Kier alpha value is -1.02. The Balaban J connectivity index is 1.64. The van der Waals surface area contributed by atoms with E-state index in [0.717, 1.165) is 25.0 Å². The van der Waals surface area contributed by atoms with Crippen LogP contribution in [0.4, 0.5) is 5.69 Å². The molecular formula is C17H27NO. The fourth-order valence-corrected chi connectivity index (χ4v) is 2.83. The van der Waals surface area contributed by atoms with Gasteiger partial charge < -0.3 is 10.1 Å². The maximum atomic E-state index is 5.99. The zero-order valence-electron chi connectivity index (χ0n) is 12.5. The van der Waals surface area contributed by atoms with Crippen molar-refractivity contribution in [1.82, 2.24) is 0 Å². The van der Waals surface area contributed by atoms with Crippen molar-refractivity contribution in [2.45, 2.75) is 46.1 Å². The van der Waals surface area contributed by atoms with Gasteiger partial charge in [0.25, 0.3) is 0 Å². The van der Waals surface area contributed by atoms with Gasteiger partial charge in [-0.15, -0.1) is 0 Å². The third-order valence-corrected chi connectivity index (χ3v) is 4.35. The summed E-state index contributed by atoms with van der Waals surface area (Å²) in [7, 11) is 0. The predicted octanol–water partition coefficient (Wildman–Crippen LogP) is 4.25. The predicted molar refractivity (Wildman–Crippen MR) is 81.6 cm³/mol. The summed E-state index contributed by atoms with van der Waals surface area (Å²) in [6.07, 6.45) is 4.25. The van der Waals surface area contributed by atoms with Gasteiger partial charge in [0.2, 0.25) is 0 Å². The summed E-state index contributed by atoms with van der Waals surface area (Å²) in [6, 6.07) is 8.48. The Morgan fingerprint density at radius 1 is 1.21 bits per heavy atom. The van der Waals surface area contributed by atoms with E-state index in [9.17, 15) is 0 Å². The SMILES string of the molecule is Cc1cccc(NCCOC2CCC(C)C(C)C2)c1. The van der Waals surface area contributed by atoms with E-state index in [1.165, 1.54) is 30.5 Å². The summed E-state index contributed by atoms with van der Waals surface area (Å²) >= 11 is 0. The summed E-state index contributed by atoms with van der Waals surface area (Å²) in [5, 5.41) is 3.42. The molecular weight excluding hydrogens is 234 g/mol. The van der Waals surface area contributed by atoms with Crippen molar-refractivity contribution in [2.24, 2.45) is 11.8 Å². The molecule has 2 rings (SSSR count). The van der Waals surface area contributed by atoms with Gasteiger partial charge in [-0.2, -0.15) is 0 Å². The van der Waals surface area contributed by atoms with E-state index in [-0.39, 0.29) is 0 Å². The molecule has 0 saturated heterocycles. The van der Waals surface area contributed by atoms with Crippen LogP contribution in [0.1, 0.15) is 38.7 Å². The first kappa shape index (κ1) is 14.4. The highest BCUT2D eigenvalue weighted by molar-refractivity contribution is 5.45. The highest BCUT2D eigenvalue weighted by Gasteiger charge is 2.24. The van der Waals surface area contributed by atoms with Crippen LogP contribution in [-0.4, -0.2) is 19.3 Å². The molecule has 1 aromatic rings. The van der Waals surface area contributed by atoms with E-state index in [2.05, 4.69) is 50.4 Å². The normalized spacial score (nSPS) is 27.2. The third kappa shape index (κ3) is 4.54. The Morgan fingerprint density at radius 2 is 2.05 bits per heavy atom. The first-order chi connectivity index (χ1) is 9.15. The van der Waals surface area contributed by atoms with Crippen LogP contribution in [0.5, 0.6) is 0 Å². The topological polar surface area (TPSA) is 21.3 Å². The molecule has 0 aliphatic heterocycles. The highest BCUT2D eigenvalue weighted by Crippen LogP contribution is 2.30. The fourth-order valence-electron chi connectivity index (χ4n) is 2.83. The maximum absolute atomic E-state index is 5.99. The molecule has 0 bridgehead atoms. The maximum Gasteiger partial charge on any atom is 0.0642 e. The van der Waals surface area contributed by atoms with Gasteiger partial charge in [-0.25, -0.2) is 0 Å². The van der Waals surface area contributed by atoms with Gasteiger partial charge in [-0.1, -0.05) is 26.0 Å². The van der Waals surface area contributed by atoms with Gasteiger partial charge in [0.05, 0.1) is 12.7 Å². The second kappa shape index (κ2) is 6.95. The van der Waals surface area contributed by atoms with Gasteiger partial charge in [-0.3, -0.25) is 0 Å². The molecule has 1 aromatic carbocycles. The number of ether oxygens (including phenoxy) is 1. The smallest absolute Gasteiger partial charge is 0.0642 e. The van der Waals surface area contributed by atoms with E-state index in [4.69, 9.17) is 4.74 Å². The molecule has 3 unspecified atom stereocenters. The van der Waals surface area contributed by atoms with Crippen molar-refractivity contribution in [2.75, 3.05) is 18.5 Å². The molecule has 0 heterocycles. The summed E-state index contributed by atoms with van der Waals surface area (Å²) < 4.78 is 5.99. The van der Waals surface area contributed by atoms with Crippen molar-refractivity contribution in [3.05, 3.63) is 29.8 Å². The summed E-state index contributed by atoms with van der Waals surface area (Å²) in [5.41, 5.74) is 2.48. The average Bonchev–Trinajstić information content (AvgIpc) is 2.39. The minimum absolute atomic E-state index is 0.477. The second-order valence-electron chi connectivity index (χ2n) is 6.06. The van der Waals surface area contributed by atoms with Crippen molar-refractivity contribution in [3.8, 4) is 0 Å². The summed E-state index contributed by atoms with van der Waals surface area (Å²) in [6.45, 7) is 8.53. The number of hydrogen-bond acceptors (Lipinski definition) is 2. The highest BCUT2D eigenvalue weighted by atomic mass is 16.5. The Kier molecular flexibility index (Phi) is 5.26. The standard InChI is InChI=1S/C17H27NO/c1-13-5-4-6-16(11-13)18-9-10-19-17-8-7-14(2)15(3)12-17/h4-6,11,14-15,17-18H,7-10,12H2,1-3H3.